The van der Waals surface area contributed by atoms with Gasteiger partial charge >= 0.3 is 0 Å². The van der Waals surface area contributed by atoms with E-state index in [1.54, 1.807) is 7.11 Å². The van der Waals surface area contributed by atoms with Gasteiger partial charge in [-0.3, -0.25) is 4.90 Å². The monoisotopic (exact) mass is 174 g/mol. The highest BCUT2D eigenvalue weighted by molar-refractivity contribution is 4.69. The lowest BCUT2D eigenvalue weighted by atomic mass is 10.2. The van der Waals surface area contributed by atoms with Crippen LogP contribution in [0.1, 0.15) is 20.8 Å². The molecule has 3 heteroatoms. The molecule has 0 aliphatic rings. The quantitative estimate of drug-likeness (QED) is 0.644. The van der Waals surface area contributed by atoms with Gasteiger partial charge in [0, 0.05) is 25.7 Å². The minimum absolute atomic E-state index is 0.240. The molecule has 0 spiro atoms. The van der Waals surface area contributed by atoms with Crippen molar-refractivity contribution in [2.45, 2.75) is 32.9 Å². The Morgan fingerprint density at radius 2 is 2.00 bits per heavy atom. The maximum atomic E-state index is 5.72. The summed E-state index contributed by atoms with van der Waals surface area (Å²) in [6, 6.07) is 0.704. The van der Waals surface area contributed by atoms with Crippen molar-refractivity contribution in [3.63, 3.8) is 0 Å². The van der Waals surface area contributed by atoms with Crippen LogP contribution in [-0.2, 0) is 4.74 Å². The van der Waals surface area contributed by atoms with Gasteiger partial charge in [-0.1, -0.05) is 6.92 Å². The molecule has 0 heterocycles. The van der Waals surface area contributed by atoms with Gasteiger partial charge in [-0.2, -0.15) is 0 Å². The van der Waals surface area contributed by atoms with Crippen molar-refractivity contribution in [1.82, 2.24) is 4.90 Å². The molecule has 0 amide bonds. The summed E-state index contributed by atoms with van der Waals surface area (Å²) in [7, 11) is 1.73. The Bertz CT molecular complexity index is 107. The number of nitrogens with two attached hydrogens (primary N) is 1. The Labute approximate surface area is 75.9 Å². The first-order chi connectivity index (χ1) is 5.61. The van der Waals surface area contributed by atoms with E-state index in [1.165, 1.54) is 0 Å². The number of hydrogen-bond donors (Lipinski definition) is 1. The lowest BCUT2D eigenvalue weighted by Gasteiger charge is -2.28. The summed E-state index contributed by atoms with van der Waals surface area (Å²) in [6.45, 7) is 9.10. The first kappa shape index (κ1) is 11.9. The molecule has 0 aliphatic carbocycles. The molecule has 0 aliphatic heterocycles. The molecule has 0 aromatic heterocycles. The fourth-order valence-corrected chi connectivity index (χ4v) is 1.34. The van der Waals surface area contributed by atoms with Gasteiger partial charge in [-0.25, -0.2) is 0 Å². The van der Waals surface area contributed by atoms with Gasteiger partial charge in [0.2, 0.25) is 0 Å². The smallest absolute Gasteiger partial charge is 0.0615 e. The van der Waals surface area contributed by atoms with E-state index in [0.29, 0.717) is 6.04 Å². The van der Waals surface area contributed by atoms with Gasteiger partial charge < -0.3 is 10.5 Å². The number of hydrogen-bond acceptors (Lipinski definition) is 3. The highest BCUT2D eigenvalue weighted by atomic mass is 16.5. The molecule has 0 aromatic rings. The first-order valence-electron chi connectivity index (χ1n) is 4.60. The van der Waals surface area contributed by atoms with Gasteiger partial charge in [0.25, 0.3) is 0 Å². The van der Waals surface area contributed by atoms with Crippen LogP contribution in [0.5, 0.6) is 0 Å². The van der Waals surface area contributed by atoms with Crippen molar-refractivity contribution in [3.8, 4) is 0 Å². The number of ether oxygens (including phenoxy) is 1. The van der Waals surface area contributed by atoms with Crippen LogP contribution in [0, 0.1) is 0 Å². The third kappa shape index (κ3) is 4.70. The zero-order valence-corrected chi connectivity index (χ0v) is 8.71. The van der Waals surface area contributed by atoms with Crippen LogP contribution >= 0.6 is 0 Å². The Morgan fingerprint density at radius 1 is 1.42 bits per heavy atom. The molecule has 0 saturated heterocycles. The van der Waals surface area contributed by atoms with Gasteiger partial charge in [0.1, 0.15) is 0 Å². The first-order valence-corrected chi connectivity index (χ1v) is 4.60. The fraction of sp³-hybridized carbons (Fsp3) is 1.00. The van der Waals surface area contributed by atoms with Crippen LogP contribution in [0.4, 0.5) is 0 Å². The third-order valence-electron chi connectivity index (χ3n) is 1.96. The van der Waals surface area contributed by atoms with E-state index in [4.69, 9.17) is 10.5 Å². The second-order valence-corrected chi connectivity index (χ2v) is 3.37. The molecule has 0 radical (unpaired) electrons. The average Bonchev–Trinajstić information content (AvgIpc) is 2.00. The molecule has 0 saturated carbocycles. The molecule has 12 heavy (non-hydrogen) atoms. The number of methoxy groups -OCH3 is 1. The summed E-state index contributed by atoms with van der Waals surface area (Å²) in [6.07, 6.45) is 0. The summed E-state index contributed by atoms with van der Waals surface area (Å²) >= 11 is 0. The highest BCUT2D eigenvalue weighted by Gasteiger charge is 2.12. The van der Waals surface area contributed by atoms with Crippen molar-refractivity contribution in [3.05, 3.63) is 0 Å². The summed E-state index contributed by atoms with van der Waals surface area (Å²) < 4.78 is 5.09. The largest absolute Gasteiger partial charge is 0.383 e. The van der Waals surface area contributed by atoms with Gasteiger partial charge in [0.15, 0.2) is 0 Å². The van der Waals surface area contributed by atoms with E-state index in [0.717, 1.165) is 19.7 Å². The van der Waals surface area contributed by atoms with Crippen molar-refractivity contribution >= 4 is 0 Å². The topological polar surface area (TPSA) is 38.5 Å². The Morgan fingerprint density at radius 3 is 2.33 bits per heavy atom. The maximum Gasteiger partial charge on any atom is 0.0615 e. The normalized spacial score (nSPS) is 16.5. The second kappa shape index (κ2) is 6.40. The van der Waals surface area contributed by atoms with E-state index in [2.05, 4.69) is 18.7 Å². The fourth-order valence-electron chi connectivity index (χ4n) is 1.34. The number of rotatable bonds is 6. The molecule has 0 fully saturated rings. The van der Waals surface area contributed by atoms with Gasteiger partial charge in [-0.15, -0.1) is 0 Å². The minimum Gasteiger partial charge on any atom is -0.383 e. The molecule has 0 aromatic carbocycles. The van der Waals surface area contributed by atoms with Crippen LogP contribution in [0.15, 0.2) is 0 Å². The van der Waals surface area contributed by atoms with E-state index in [1.807, 2.05) is 6.92 Å². The molecule has 74 valence electrons. The number of nitrogens with zero attached hydrogens (tertiary/aromatic N) is 1. The number of likely N-dealkylation sites (N-methyl/N-ethyl adjacent to an activating group) is 1. The maximum absolute atomic E-state index is 5.72. The van der Waals surface area contributed by atoms with Crippen LogP contribution in [0.2, 0.25) is 0 Å². The predicted molar refractivity (Wildman–Crippen MR) is 52.2 cm³/mol. The average molecular weight is 174 g/mol. The molecule has 3 nitrogen and oxygen atoms in total. The summed E-state index contributed by atoms with van der Waals surface area (Å²) in [5, 5.41) is 0. The molecule has 0 bridgehead atoms. The van der Waals surface area contributed by atoms with Crippen molar-refractivity contribution < 1.29 is 4.74 Å². The highest BCUT2D eigenvalue weighted by Crippen LogP contribution is 1.99. The Hall–Kier alpha value is -0.120. The third-order valence-corrected chi connectivity index (χ3v) is 1.96. The summed E-state index contributed by atoms with van der Waals surface area (Å²) in [4.78, 5) is 2.33. The Balaban J connectivity index is 3.78. The van der Waals surface area contributed by atoms with Crippen molar-refractivity contribution in [2.75, 3.05) is 26.8 Å². The van der Waals surface area contributed by atoms with E-state index < -0.39 is 0 Å². The molecular weight excluding hydrogens is 152 g/mol. The zero-order chi connectivity index (χ0) is 9.56. The van der Waals surface area contributed by atoms with E-state index >= 15 is 0 Å². The molecule has 0 rings (SSSR count). The van der Waals surface area contributed by atoms with Gasteiger partial charge in [-0.05, 0) is 20.4 Å². The minimum atomic E-state index is 0.240. The summed E-state index contributed by atoms with van der Waals surface area (Å²) in [5.41, 5.74) is 5.72. The second-order valence-electron chi connectivity index (χ2n) is 3.37. The lowest BCUT2D eigenvalue weighted by molar-refractivity contribution is 0.0997. The molecule has 2 atom stereocenters. The lowest BCUT2D eigenvalue weighted by Crippen LogP contribution is -2.42. The van der Waals surface area contributed by atoms with E-state index in [9.17, 15) is 0 Å². The van der Waals surface area contributed by atoms with Crippen LogP contribution in [0.25, 0.3) is 0 Å². The molecule has 1 unspecified atom stereocenters. The SMILES string of the molecule is CCN(C[C@H](C)N)C(C)COC. The van der Waals surface area contributed by atoms with Gasteiger partial charge in [0.05, 0.1) is 6.61 Å². The Kier molecular flexibility index (Phi) is 6.34. The zero-order valence-electron chi connectivity index (χ0n) is 8.71. The van der Waals surface area contributed by atoms with Crippen molar-refractivity contribution in [2.24, 2.45) is 5.73 Å². The van der Waals surface area contributed by atoms with Crippen LogP contribution in [-0.4, -0.2) is 43.8 Å². The molecule has 2 N–H and O–H groups in total. The van der Waals surface area contributed by atoms with Crippen LogP contribution < -0.4 is 5.73 Å². The standard InChI is InChI=1S/C9H22N2O/c1-5-11(6-8(2)10)9(3)7-12-4/h8-9H,5-7,10H2,1-4H3/t8-,9?/m0/s1. The summed E-state index contributed by atoms with van der Waals surface area (Å²) in [5.74, 6) is 0. The van der Waals surface area contributed by atoms with E-state index in [-0.39, 0.29) is 6.04 Å². The van der Waals surface area contributed by atoms with Crippen LogP contribution in [0.3, 0.4) is 0 Å². The predicted octanol–water partition coefficient (Wildman–Crippen LogP) is 0.690. The van der Waals surface area contributed by atoms with Crippen molar-refractivity contribution in [1.29, 1.82) is 0 Å². The molecular formula is C9H22N2O.